The van der Waals surface area contributed by atoms with E-state index in [9.17, 15) is 0 Å². The predicted molar refractivity (Wildman–Crippen MR) is 75.7 cm³/mol. The average molecular weight is 262 g/mol. The molecule has 94 valence electrons. The van der Waals surface area contributed by atoms with Crippen molar-refractivity contribution in [2.24, 2.45) is 0 Å². The molecular formula is C14H16ClN3. The lowest BCUT2D eigenvalue weighted by atomic mass is 10.1. The van der Waals surface area contributed by atoms with Crippen molar-refractivity contribution in [3.63, 3.8) is 0 Å². The van der Waals surface area contributed by atoms with Gasteiger partial charge in [-0.1, -0.05) is 30.7 Å². The van der Waals surface area contributed by atoms with Gasteiger partial charge >= 0.3 is 0 Å². The molecule has 0 aliphatic carbocycles. The molecule has 0 amide bonds. The molecule has 0 saturated heterocycles. The number of benzene rings is 1. The molecule has 18 heavy (non-hydrogen) atoms. The molecule has 1 heterocycles. The van der Waals surface area contributed by atoms with Crippen LogP contribution in [-0.4, -0.2) is 17.0 Å². The second-order valence-corrected chi connectivity index (χ2v) is 4.55. The van der Waals surface area contributed by atoms with Gasteiger partial charge in [-0.15, -0.1) is 0 Å². The van der Waals surface area contributed by atoms with Crippen LogP contribution < -0.4 is 4.90 Å². The third-order valence-electron chi connectivity index (χ3n) is 3.05. The summed E-state index contributed by atoms with van der Waals surface area (Å²) in [5.41, 5.74) is 3.30. The highest BCUT2D eigenvalue weighted by Gasteiger charge is 2.11. The van der Waals surface area contributed by atoms with Gasteiger partial charge in [-0.05, 0) is 31.0 Å². The van der Waals surface area contributed by atoms with Gasteiger partial charge in [0, 0.05) is 18.3 Å². The van der Waals surface area contributed by atoms with Crippen molar-refractivity contribution in [1.82, 2.24) is 9.97 Å². The van der Waals surface area contributed by atoms with E-state index in [1.54, 1.807) is 0 Å². The second-order valence-electron chi connectivity index (χ2n) is 4.19. The molecule has 2 aromatic rings. The Morgan fingerprint density at radius 1 is 1.17 bits per heavy atom. The highest BCUT2D eigenvalue weighted by Crippen LogP contribution is 2.27. The van der Waals surface area contributed by atoms with Crippen LogP contribution >= 0.6 is 11.6 Å². The molecular weight excluding hydrogens is 246 g/mol. The highest BCUT2D eigenvalue weighted by molar-refractivity contribution is 6.30. The Morgan fingerprint density at radius 2 is 1.83 bits per heavy atom. The molecule has 0 fully saturated rings. The van der Waals surface area contributed by atoms with E-state index < -0.39 is 0 Å². The fourth-order valence-corrected chi connectivity index (χ4v) is 1.96. The van der Waals surface area contributed by atoms with Crippen molar-refractivity contribution in [1.29, 1.82) is 0 Å². The lowest BCUT2D eigenvalue weighted by Gasteiger charge is -2.20. The van der Waals surface area contributed by atoms with Gasteiger partial charge in [0.1, 0.15) is 17.3 Å². The summed E-state index contributed by atoms with van der Waals surface area (Å²) in [6.07, 6.45) is 2.53. The van der Waals surface area contributed by atoms with Crippen LogP contribution in [0.1, 0.15) is 18.1 Å². The number of halogens is 1. The van der Waals surface area contributed by atoms with Gasteiger partial charge in [-0.25, -0.2) is 9.97 Å². The summed E-state index contributed by atoms with van der Waals surface area (Å²) in [7, 11) is 1.98. The molecule has 0 N–H and O–H groups in total. The maximum absolute atomic E-state index is 6.02. The Labute approximate surface area is 112 Å². The van der Waals surface area contributed by atoms with Crippen LogP contribution in [0.15, 0.2) is 30.6 Å². The quantitative estimate of drug-likeness (QED) is 0.788. The van der Waals surface area contributed by atoms with Crippen LogP contribution in [0.2, 0.25) is 5.15 Å². The van der Waals surface area contributed by atoms with Crippen LogP contribution in [0.25, 0.3) is 0 Å². The Bertz CT molecular complexity index is 537. The summed E-state index contributed by atoms with van der Waals surface area (Å²) in [6.45, 7) is 4.07. The first kappa shape index (κ1) is 12.8. The van der Waals surface area contributed by atoms with E-state index in [4.69, 9.17) is 11.6 Å². The Hall–Kier alpha value is -1.61. The molecule has 0 spiro atoms. The molecule has 1 aromatic carbocycles. The zero-order chi connectivity index (χ0) is 13.1. The lowest BCUT2D eigenvalue weighted by Crippen LogP contribution is -2.13. The monoisotopic (exact) mass is 261 g/mol. The van der Waals surface area contributed by atoms with Crippen LogP contribution in [0, 0.1) is 6.92 Å². The summed E-state index contributed by atoms with van der Waals surface area (Å²) in [4.78, 5) is 10.3. The average Bonchev–Trinajstić information content (AvgIpc) is 2.41. The Morgan fingerprint density at radius 3 is 2.44 bits per heavy atom. The third kappa shape index (κ3) is 2.46. The van der Waals surface area contributed by atoms with E-state index in [0.717, 1.165) is 23.5 Å². The van der Waals surface area contributed by atoms with E-state index in [-0.39, 0.29) is 0 Å². The van der Waals surface area contributed by atoms with E-state index in [1.807, 2.05) is 18.9 Å². The van der Waals surface area contributed by atoms with Crippen molar-refractivity contribution in [2.45, 2.75) is 20.3 Å². The second kappa shape index (κ2) is 5.36. The first-order chi connectivity index (χ1) is 8.63. The molecule has 0 unspecified atom stereocenters. The fraction of sp³-hybridized carbons (Fsp3) is 0.286. The smallest absolute Gasteiger partial charge is 0.140 e. The first-order valence-corrected chi connectivity index (χ1v) is 6.31. The maximum Gasteiger partial charge on any atom is 0.140 e. The molecule has 3 nitrogen and oxygen atoms in total. The van der Waals surface area contributed by atoms with E-state index >= 15 is 0 Å². The standard InChI is InChI=1S/C14H16ClN3/c1-4-11-5-7-12(8-6-11)18(3)14-10(2)13(15)16-9-17-14/h5-9H,4H2,1-3H3. The van der Waals surface area contributed by atoms with Gasteiger partial charge in [0.25, 0.3) is 0 Å². The molecule has 0 atom stereocenters. The van der Waals surface area contributed by atoms with E-state index in [0.29, 0.717) is 5.15 Å². The van der Waals surface area contributed by atoms with Gasteiger partial charge in [-0.2, -0.15) is 0 Å². The number of hydrogen-bond acceptors (Lipinski definition) is 3. The molecule has 4 heteroatoms. The minimum Gasteiger partial charge on any atom is -0.329 e. The van der Waals surface area contributed by atoms with Crippen molar-refractivity contribution in [2.75, 3.05) is 11.9 Å². The topological polar surface area (TPSA) is 29.0 Å². The normalized spacial score (nSPS) is 10.4. The lowest BCUT2D eigenvalue weighted by molar-refractivity contribution is 1.05. The number of aryl methyl sites for hydroxylation is 1. The predicted octanol–water partition coefficient (Wildman–Crippen LogP) is 3.77. The van der Waals surface area contributed by atoms with Gasteiger partial charge in [0.05, 0.1) is 0 Å². The van der Waals surface area contributed by atoms with Crippen molar-refractivity contribution < 1.29 is 0 Å². The number of rotatable bonds is 3. The minimum absolute atomic E-state index is 0.497. The minimum atomic E-state index is 0.497. The molecule has 1 aromatic heterocycles. The highest BCUT2D eigenvalue weighted by atomic mass is 35.5. The zero-order valence-corrected chi connectivity index (χ0v) is 11.6. The summed E-state index contributed by atoms with van der Waals surface area (Å²) < 4.78 is 0. The van der Waals surface area contributed by atoms with Crippen LogP contribution in [0.4, 0.5) is 11.5 Å². The van der Waals surface area contributed by atoms with Crippen LogP contribution in [0.5, 0.6) is 0 Å². The Balaban J connectivity index is 2.35. The van der Waals surface area contributed by atoms with Crippen molar-refractivity contribution in [3.8, 4) is 0 Å². The number of hydrogen-bond donors (Lipinski definition) is 0. The summed E-state index contributed by atoms with van der Waals surface area (Å²) in [5.74, 6) is 0.833. The number of nitrogens with zero attached hydrogens (tertiary/aromatic N) is 3. The van der Waals surface area contributed by atoms with Gasteiger partial charge in [-0.3, -0.25) is 0 Å². The molecule has 0 aliphatic heterocycles. The zero-order valence-electron chi connectivity index (χ0n) is 10.8. The van der Waals surface area contributed by atoms with Crippen molar-refractivity contribution in [3.05, 3.63) is 46.9 Å². The largest absolute Gasteiger partial charge is 0.329 e. The summed E-state index contributed by atoms with van der Waals surface area (Å²) >= 11 is 6.02. The summed E-state index contributed by atoms with van der Waals surface area (Å²) in [5, 5.41) is 0.497. The van der Waals surface area contributed by atoms with Gasteiger partial charge < -0.3 is 4.90 Å². The molecule has 0 aliphatic rings. The summed E-state index contributed by atoms with van der Waals surface area (Å²) in [6, 6.07) is 8.44. The maximum atomic E-state index is 6.02. The fourth-order valence-electron chi connectivity index (χ4n) is 1.84. The molecule has 0 radical (unpaired) electrons. The van der Waals surface area contributed by atoms with E-state index in [1.165, 1.54) is 11.9 Å². The van der Waals surface area contributed by atoms with Crippen LogP contribution in [-0.2, 0) is 6.42 Å². The van der Waals surface area contributed by atoms with Crippen molar-refractivity contribution >= 4 is 23.1 Å². The number of anilines is 2. The van der Waals surface area contributed by atoms with Crippen LogP contribution in [0.3, 0.4) is 0 Å². The van der Waals surface area contributed by atoms with E-state index in [2.05, 4.69) is 41.2 Å². The van der Waals surface area contributed by atoms with Gasteiger partial charge in [0.15, 0.2) is 0 Å². The SMILES string of the molecule is CCc1ccc(N(C)c2ncnc(Cl)c2C)cc1. The third-order valence-corrected chi connectivity index (χ3v) is 3.43. The number of aromatic nitrogens is 2. The van der Waals surface area contributed by atoms with Gasteiger partial charge in [0.2, 0.25) is 0 Å². The first-order valence-electron chi connectivity index (χ1n) is 5.93. The molecule has 0 bridgehead atoms. The Kier molecular flexibility index (Phi) is 3.82. The molecule has 0 saturated carbocycles. The molecule has 2 rings (SSSR count).